The topological polar surface area (TPSA) is 68.9 Å². The van der Waals surface area contributed by atoms with Gasteiger partial charge in [0.2, 0.25) is 0 Å². The van der Waals surface area contributed by atoms with E-state index in [-0.39, 0.29) is 42.0 Å². The molecule has 0 spiro atoms. The lowest BCUT2D eigenvalue weighted by atomic mass is 9.96. The monoisotopic (exact) mass is 469 g/mol. The number of nitrogens with two attached hydrogens (primary N) is 1. The first-order chi connectivity index (χ1) is 11.6. The molecule has 0 bridgehead atoms. The van der Waals surface area contributed by atoms with Crippen molar-refractivity contribution < 1.29 is 18.3 Å². The minimum atomic E-state index is -2.92. The standard InChI is InChI=1S/C17H25F2N3O2.HI/c1-2-23-14-10-6-7-12(15(14)24-16(18)19)11-21-17(20)22-13-8-4-3-5-9-13;/h6-7,10,13,16H,2-5,8-9,11H2,1H3,(H3,20,21,22);1H. The Hall–Kier alpha value is -1.32. The maximum atomic E-state index is 12.7. The number of ether oxygens (including phenoxy) is 2. The molecule has 3 N–H and O–H groups in total. The molecule has 0 atom stereocenters. The smallest absolute Gasteiger partial charge is 0.387 e. The molecule has 0 aliphatic heterocycles. The van der Waals surface area contributed by atoms with Crippen molar-refractivity contribution in [2.24, 2.45) is 10.7 Å². The number of benzene rings is 1. The van der Waals surface area contributed by atoms with Crippen LogP contribution in [0.4, 0.5) is 8.78 Å². The van der Waals surface area contributed by atoms with Crippen LogP contribution in [0, 0.1) is 0 Å². The minimum Gasteiger partial charge on any atom is -0.490 e. The Morgan fingerprint density at radius 1 is 1.32 bits per heavy atom. The van der Waals surface area contributed by atoms with Gasteiger partial charge < -0.3 is 20.5 Å². The number of alkyl halides is 2. The summed E-state index contributed by atoms with van der Waals surface area (Å²) < 4.78 is 35.3. The van der Waals surface area contributed by atoms with Crippen LogP contribution in [0.3, 0.4) is 0 Å². The number of aliphatic imine (C=N–C) groups is 1. The molecule has 1 aromatic rings. The van der Waals surface area contributed by atoms with Crippen LogP contribution in [0.25, 0.3) is 0 Å². The molecule has 1 aromatic carbocycles. The maximum Gasteiger partial charge on any atom is 0.387 e. The highest BCUT2D eigenvalue weighted by Crippen LogP contribution is 2.33. The van der Waals surface area contributed by atoms with Crippen LogP contribution >= 0.6 is 24.0 Å². The van der Waals surface area contributed by atoms with Gasteiger partial charge in [0.1, 0.15) is 0 Å². The van der Waals surface area contributed by atoms with Gasteiger partial charge in [0.05, 0.1) is 13.2 Å². The van der Waals surface area contributed by atoms with Gasteiger partial charge >= 0.3 is 6.61 Å². The van der Waals surface area contributed by atoms with Crippen LogP contribution < -0.4 is 20.5 Å². The van der Waals surface area contributed by atoms with E-state index in [2.05, 4.69) is 15.0 Å². The Kier molecular flexibility index (Phi) is 9.84. The summed E-state index contributed by atoms with van der Waals surface area (Å²) in [7, 11) is 0. The first-order valence-corrected chi connectivity index (χ1v) is 8.36. The van der Waals surface area contributed by atoms with Crippen LogP contribution in [-0.2, 0) is 6.54 Å². The second-order valence-electron chi connectivity index (χ2n) is 5.74. The molecule has 0 amide bonds. The summed E-state index contributed by atoms with van der Waals surface area (Å²) in [5, 5.41) is 3.20. The van der Waals surface area contributed by atoms with Crippen molar-refractivity contribution in [3.05, 3.63) is 23.8 Å². The van der Waals surface area contributed by atoms with Crippen LogP contribution in [0.5, 0.6) is 11.5 Å². The summed E-state index contributed by atoms with van der Waals surface area (Å²) in [5.41, 5.74) is 6.43. The Morgan fingerprint density at radius 2 is 2.04 bits per heavy atom. The van der Waals surface area contributed by atoms with Gasteiger partial charge in [-0.3, -0.25) is 0 Å². The first kappa shape index (κ1) is 21.7. The van der Waals surface area contributed by atoms with Crippen molar-refractivity contribution >= 4 is 29.9 Å². The zero-order chi connectivity index (χ0) is 17.4. The van der Waals surface area contributed by atoms with Gasteiger partial charge in [0, 0.05) is 11.6 Å². The second-order valence-corrected chi connectivity index (χ2v) is 5.74. The number of rotatable bonds is 7. The number of hydrogen-bond acceptors (Lipinski definition) is 3. The third kappa shape index (κ3) is 7.21. The van der Waals surface area contributed by atoms with E-state index in [4.69, 9.17) is 10.5 Å². The summed E-state index contributed by atoms with van der Waals surface area (Å²) in [6.45, 7) is -0.637. The van der Waals surface area contributed by atoms with Crippen molar-refractivity contribution in [1.29, 1.82) is 0 Å². The average molecular weight is 469 g/mol. The van der Waals surface area contributed by atoms with Gasteiger partial charge in [-0.1, -0.05) is 31.4 Å². The van der Waals surface area contributed by atoms with Gasteiger partial charge in [-0.15, -0.1) is 24.0 Å². The number of nitrogens with one attached hydrogen (secondary N) is 1. The molecule has 25 heavy (non-hydrogen) atoms. The van der Waals surface area contributed by atoms with Crippen molar-refractivity contribution in [2.75, 3.05) is 6.61 Å². The second kappa shape index (κ2) is 11.3. The van der Waals surface area contributed by atoms with Crippen molar-refractivity contribution in [3.8, 4) is 11.5 Å². The summed E-state index contributed by atoms with van der Waals surface area (Å²) >= 11 is 0. The molecule has 8 heteroatoms. The average Bonchev–Trinajstić information content (AvgIpc) is 2.56. The van der Waals surface area contributed by atoms with E-state index in [1.165, 1.54) is 19.3 Å². The zero-order valence-corrected chi connectivity index (χ0v) is 16.7. The lowest BCUT2D eigenvalue weighted by Gasteiger charge is -2.23. The summed E-state index contributed by atoms with van der Waals surface area (Å²) in [4.78, 5) is 4.26. The number of hydrogen-bond donors (Lipinski definition) is 2. The van der Waals surface area contributed by atoms with Crippen LogP contribution in [0.2, 0.25) is 0 Å². The molecule has 1 saturated carbocycles. The molecular formula is C17H26F2IN3O2. The first-order valence-electron chi connectivity index (χ1n) is 8.36. The van der Waals surface area contributed by atoms with Crippen molar-refractivity contribution in [2.45, 2.75) is 58.2 Å². The molecule has 1 aliphatic carbocycles. The molecule has 0 radical (unpaired) electrons. The maximum absolute atomic E-state index is 12.7. The normalized spacial score (nSPS) is 15.6. The van der Waals surface area contributed by atoms with E-state index < -0.39 is 6.61 Å². The van der Waals surface area contributed by atoms with E-state index >= 15 is 0 Å². The minimum absolute atomic E-state index is 0. The van der Waals surface area contributed by atoms with E-state index in [9.17, 15) is 8.78 Å². The fourth-order valence-corrected chi connectivity index (χ4v) is 2.85. The lowest BCUT2D eigenvalue weighted by molar-refractivity contribution is -0.0520. The number of para-hydroxylation sites is 1. The Morgan fingerprint density at radius 3 is 2.68 bits per heavy atom. The Bertz CT molecular complexity index is 553. The van der Waals surface area contributed by atoms with Gasteiger partial charge in [0.15, 0.2) is 17.5 Å². The summed E-state index contributed by atoms with van der Waals surface area (Å²) in [5.74, 6) is 0.625. The third-order valence-electron chi connectivity index (χ3n) is 3.94. The molecule has 5 nitrogen and oxygen atoms in total. The van der Waals surface area contributed by atoms with Gasteiger partial charge in [-0.2, -0.15) is 8.78 Å². The largest absolute Gasteiger partial charge is 0.490 e. The van der Waals surface area contributed by atoms with Crippen molar-refractivity contribution in [3.63, 3.8) is 0 Å². The highest BCUT2D eigenvalue weighted by molar-refractivity contribution is 14.0. The molecule has 0 saturated heterocycles. The quantitative estimate of drug-likeness (QED) is 0.360. The summed E-state index contributed by atoms with van der Waals surface area (Å²) in [6, 6.07) is 5.34. The Labute approximate surface area is 164 Å². The van der Waals surface area contributed by atoms with E-state index in [0.29, 0.717) is 24.2 Å². The highest BCUT2D eigenvalue weighted by Gasteiger charge is 2.16. The van der Waals surface area contributed by atoms with E-state index in [1.54, 1.807) is 25.1 Å². The van der Waals surface area contributed by atoms with Crippen LogP contribution in [0.15, 0.2) is 23.2 Å². The van der Waals surface area contributed by atoms with E-state index in [0.717, 1.165) is 12.8 Å². The van der Waals surface area contributed by atoms with Gasteiger partial charge in [0.25, 0.3) is 0 Å². The fraction of sp³-hybridized carbons (Fsp3) is 0.588. The SMILES string of the molecule is CCOc1cccc(CN=C(N)NC2CCCCC2)c1OC(F)F.I. The Balaban J connectivity index is 0.00000312. The fourth-order valence-electron chi connectivity index (χ4n) is 2.85. The van der Waals surface area contributed by atoms with Gasteiger partial charge in [-0.25, -0.2) is 4.99 Å². The third-order valence-corrected chi connectivity index (χ3v) is 3.94. The lowest BCUT2D eigenvalue weighted by Crippen LogP contribution is -2.41. The predicted molar refractivity (Wildman–Crippen MR) is 105 cm³/mol. The van der Waals surface area contributed by atoms with E-state index in [1.807, 2.05) is 0 Å². The molecular weight excluding hydrogens is 443 g/mol. The zero-order valence-electron chi connectivity index (χ0n) is 14.3. The number of nitrogens with zero attached hydrogens (tertiary/aromatic N) is 1. The predicted octanol–water partition coefficient (Wildman–Crippen LogP) is 4.04. The molecule has 1 aliphatic rings. The molecule has 142 valence electrons. The molecule has 2 rings (SSSR count). The molecule has 0 heterocycles. The number of guanidine groups is 1. The van der Waals surface area contributed by atoms with Crippen LogP contribution in [-0.4, -0.2) is 25.2 Å². The highest BCUT2D eigenvalue weighted by atomic mass is 127. The molecule has 1 fully saturated rings. The molecule has 0 aromatic heterocycles. The summed E-state index contributed by atoms with van der Waals surface area (Å²) in [6.07, 6.45) is 5.79. The number of halogens is 3. The van der Waals surface area contributed by atoms with Crippen molar-refractivity contribution in [1.82, 2.24) is 5.32 Å². The molecule has 0 unspecified atom stereocenters. The van der Waals surface area contributed by atoms with Crippen LogP contribution in [0.1, 0.15) is 44.6 Å². The van der Waals surface area contributed by atoms with Gasteiger partial charge in [-0.05, 0) is 25.8 Å².